The van der Waals surface area contributed by atoms with Crippen LogP contribution in [-0.2, 0) is 6.42 Å². The second-order valence-corrected chi connectivity index (χ2v) is 6.07. The Morgan fingerprint density at radius 2 is 1.86 bits per heavy atom. The average Bonchev–Trinajstić information content (AvgIpc) is 2.48. The first-order valence-electron chi connectivity index (χ1n) is 7.34. The number of unbranched alkanes of at least 4 members (excludes halogenated alkanes) is 1. The second kappa shape index (κ2) is 7.62. The van der Waals surface area contributed by atoms with Crippen molar-refractivity contribution in [3.63, 3.8) is 0 Å². The van der Waals surface area contributed by atoms with Crippen molar-refractivity contribution in [2.75, 3.05) is 0 Å². The van der Waals surface area contributed by atoms with E-state index in [2.05, 4.69) is 35.0 Å². The first kappa shape index (κ1) is 16.1. The van der Waals surface area contributed by atoms with E-state index in [0.717, 1.165) is 28.0 Å². The van der Waals surface area contributed by atoms with E-state index in [4.69, 9.17) is 4.74 Å². The summed E-state index contributed by atoms with van der Waals surface area (Å²) in [6.45, 7) is 3.95. The molecule has 0 unspecified atom stereocenters. The van der Waals surface area contributed by atoms with Crippen LogP contribution < -0.4 is 4.74 Å². The van der Waals surface area contributed by atoms with Gasteiger partial charge in [-0.25, -0.2) is 0 Å². The number of hydrogen-bond donors (Lipinski definition) is 1. The minimum atomic E-state index is -0.479. The number of rotatable bonds is 6. The first-order valence-corrected chi connectivity index (χ1v) is 8.13. The number of hydrogen-bond acceptors (Lipinski definition) is 2. The Labute approximate surface area is 134 Å². The number of benzene rings is 2. The molecule has 2 nitrogen and oxygen atoms in total. The van der Waals surface area contributed by atoms with Crippen molar-refractivity contribution in [3.8, 4) is 11.5 Å². The van der Waals surface area contributed by atoms with Crippen LogP contribution in [0.3, 0.4) is 0 Å². The highest BCUT2D eigenvalue weighted by Gasteiger charge is 2.07. The molecule has 2 rings (SSSR count). The van der Waals surface area contributed by atoms with Crippen molar-refractivity contribution in [2.45, 2.75) is 39.2 Å². The quantitative estimate of drug-likeness (QED) is 0.732. The van der Waals surface area contributed by atoms with Gasteiger partial charge >= 0.3 is 0 Å². The Bertz CT molecular complexity index is 576. The molecule has 0 saturated carbocycles. The molecule has 112 valence electrons. The smallest absolute Gasteiger partial charge is 0.141 e. The van der Waals surface area contributed by atoms with E-state index in [1.165, 1.54) is 18.4 Å². The number of ether oxygens (including phenoxy) is 1. The van der Waals surface area contributed by atoms with Crippen LogP contribution in [0.2, 0.25) is 0 Å². The minimum Gasteiger partial charge on any atom is -0.456 e. The lowest BCUT2D eigenvalue weighted by molar-refractivity contribution is 0.199. The van der Waals surface area contributed by atoms with Crippen molar-refractivity contribution < 1.29 is 9.84 Å². The van der Waals surface area contributed by atoms with E-state index in [1.54, 1.807) is 6.92 Å². The summed E-state index contributed by atoms with van der Waals surface area (Å²) in [5.74, 6) is 1.57. The Balaban J connectivity index is 2.07. The summed E-state index contributed by atoms with van der Waals surface area (Å²) in [6.07, 6.45) is 3.06. The highest BCUT2D eigenvalue weighted by atomic mass is 79.9. The molecule has 0 amide bonds. The summed E-state index contributed by atoms with van der Waals surface area (Å²) in [6, 6.07) is 13.9. The number of aryl methyl sites for hydroxylation is 1. The zero-order valence-corrected chi connectivity index (χ0v) is 14.1. The predicted octanol–water partition coefficient (Wildman–Crippen LogP) is 5.64. The van der Waals surface area contributed by atoms with Gasteiger partial charge in [0, 0.05) is 0 Å². The highest BCUT2D eigenvalue weighted by Crippen LogP contribution is 2.32. The Morgan fingerprint density at radius 3 is 2.43 bits per heavy atom. The van der Waals surface area contributed by atoms with Crippen molar-refractivity contribution in [1.82, 2.24) is 0 Å². The third-order valence-corrected chi connectivity index (χ3v) is 4.03. The Hall–Kier alpha value is -1.32. The van der Waals surface area contributed by atoms with Crippen LogP contribution in [-0.4, -0.2) is 5.11 Å². The molecule has 0 aliphatic rings. The fourth-order valence-corrected chi connectivity index (χ4v) is 2.57. The lowest BCUT2D eigenvalue weighted by Gasteiger charge is -2.11. The van der Waals surface area contributed by atoms with Crippen molar-refractivity contribution >= 4 is 15.9 Å². The minimum absolute atomic E-state index is 0.479. The molecule has 0 aromatic heterocycles. The number of aliphatic hydroxyl groups is 1. The van der Waals surface area contributed by atoms with E-state index in [1.807, 2.05) is 30.3 Å². The van der Waals surface area contributed by atoms with E-state index in [9.17, 15) is 5.11 Å². The Kier molecular flexibility index (Phi) is 5.83. The van der Waals surface area contributed by atoms with Gasteiger partial charge in [-0.1, -0.05) is 31.5 Å². The standard InChI is InChI=1S/C18H21BrO2/c1-3-4-5-14-6-9-16(10-7-14)21-18-11-8-15(13(2)20)12-17(18)19/h6-13,20H,3-5H2,1-2H3/t13-/m0/s1. The molecule has 2 aromatic rings. The van der Waals surface area contributed by atoms with E-state index >= 15 is 0 Å². The molecule has 3 heteroatoms. The zero-order chi connectivity index (χ0) is 15.2. The molecule has 0 radical (unpaired) electrons. The van der Waals surface area contributed by atoms with Crippen LogP contribution >= 0.6 is 15.9 Å². The van der Waals surface area contributed by atoms with Gasteiger partial charge in [0.25, 0.3) is 0 Å². The van der Waals surface area contributed by atoms with E-state index in [0.29, 0.717) is 0 Å². The van der Waals surface area contributed by atoms with Gasteiger partial charge in [0.1, 0.15) is 11.5 Å². The van der Waals surface area contributed by atoms with Crippen LogP contribution in [0.5, 0.6) is 11.5 Å². The van der Waals surface area contributed by atoms with Gasteiger partial charge in [0.15, 0.2) is 0 Å². The molecule has 0 spiro atoms. The SMILES string of the molecule is CCCCc1ccc(Oc2ccc([C@H](C)O)cc2Br)cc1. The van der Waals surface area contributed by atoms with Crippen LogP contribution in [0.15, 0.2) is 46.9 Å². The maximum Gasteiger partial charge on any atom is 0.141 e. The van der Waals surface area contributed by atoms with Gasteiger partial charge in [-0.15, -0.1) is 0 Å². The van der Waals surface area contributed by atoms with Gasteiger partial charge in [-0.3, -0.25) is 0 Å². The van der Waals surface area contributed by atoms with Gasteiger partial charge in [-0.2, -0.15) is 0 Å². The lowest BCUT2D eigenvalue weighted by atomic mass is 10.1. The van der Waals surface area contributed by atoms with Crippen LogP contribution in [0.25, 0.3) is 0 Å². The molecule has 0 fully saturated rings. The molecular formula is C18H21BrO2. The largest absolute Gasteiger partial charge is 0.456 e. The number of halogens is 1. The molecule has 0 saturated heterocycles. The molecule has 2 aromatic carbocycles. The average molecular weight is 349 g/mol. The molecule has 0 heterocycles. The fourth-order valence-electron chi connectivity index (χ4n) is 2.09. The third-order valence-electron chi connectivity index (χ3n) is 3.41. The molecule has 0 bridgehead atoms. The maximum absolute atomic E-state index is 9.57. The van der Waals surface area contributed by atoms with Crippen molar-refractivity contribution in [3.05, 3.63) is 58.1 Å². The van der Waals surface area contributed by atoms with Gasteiger partial charge in [0.05, 0.1) is 10.6 Å². The normalized spacial score (nSPS) is 12.2. The zero-order valence-electron chi connectivity index (χ0n) is 12.5. The summed E-state index contributed by atoms with van der Waals surface area (Å²) in [7, 11) is 0. The van der Waals surface area contributed by atoms with Crippen LogP contribution in [0, 0.1) is 0 Å². The summed E-state index contributed by atoms with van der Waals surface area (Å²) in [5.41, 5.74) is 2.21. The first-order chi connectivity index (χ1) is 10.1. The van der Waals surface area contributed by atoms with E-state index < -0.39 is 6.10 Å². The summed E-state index contributed by atoms with van der Waals surface area (Å²) >= 11 is 3.49. The molecule has 0 aliphatic heterocycles. The maximum atomic E-state index is 9.57. The van der Waals surface area contributed by atoms with Crippen LogP contribution in [0.4, 0.5) is 0 Å². The molecule has 0 aliphatic carbocycles. The summed E-state index contributed by atoms with van der Waals surface area (Å²) < 4.78 is 6.72. The fraction of sp³-hybridized carbons (Fsp3) is 0.333. The summed E-state index contributed by atoms with van der Waals surface area (Å²) in [5, 5.41) is 9.57. The van der Waals surface area contributed by atoms with Gasteiger partial charge in [-0.05, 0) is 71.1 Å². The Morgan fingerprint density at radius 1 is 1.14 bits per heavy atom. The lowest BCUT2D eigenvalue weighted by Crippen LogP contribution is -1.92. The predicted molar refractivity (Wildman–Crippen MR) is 89.9 cm³/mol. The van der Waals surface area contributed by atoms with Crippen molar-refractivity contribution in [1.29, 1.82) is 0 Å². The molecule has 1 N–H and O–H groups in total. The molecular weight excluding hydrogens is 328 g/mol. The monoisotopic (exact) mass is 348 g/mol. The third kappa shape index (κ3) is 4.58. The molecule has 1 atom stereocenters. The number of aliphatic hydroxyl groups excluding tert-OH is 1. The second-order valence-electron chi connectivity index (χ2n) is 5.22. The summed E-state index contributed by atoms with van der Waals surface area (Å²) in [4.78, 5) is 0. The van der Waals surface area contributed by atoms with Gasteiger partial charge < -0.3 is 9.84 Å². The highest BCUT2D eigenvalue weighted by molar-refractivity contribution is 9.10. The van der Waals surface area contributed by atoms with Crippen LogP contribution in [0.1, 0.15) is 43.9 Å². The van der Waals surface area contributed by atoms with E-state index in [-0.39, 0.29) is 0 Å². The van der Waals surface area contributed by atoms with Crippen molar-refractivity contribution in [2.24, 2.45) is 0 Å². The molecule has 21 heavy (non-hydrogen) atoms. The topological polar surface area (TPSA) is 29.5 Å². The van der Waals surface area contributed by atoms with Gasteiger partial charge in [0.2, 0.25) is 0 Å².